The molecule has 1 aliphatic carbocycles. The molecule has 3 aromatic rings. The molecule has 2 amide bonds. The number of allylic oxidation sites excluding steroid dienone is 1. The second kappa shape index (κ2) is 8.06. The Hall–Kier alpha value is -4.06. The van der Waals surface area contributed by atoms with Crippen LogP contribution in [0.5, 0.6) is 0 Å². The van der Waals surface area contributed by atoms with Gasteiger partial charge in [0.2, 0.25) is 0 Å². The minimum atomic E-state index is -0.557. The summed E-state index contributed by atoms with van der Waals surface area (Å²) in [6.45, 7) is 2.01. The molecule has 0 saturated carbocycles. The molecule has 6 rings (SSSR count). The molecule has 2 N–H and O–H groups in total. The Morgan fingerprint density at radius 2 is 1.68 bits per heavy atom. The van der Waals surface area contributed by atoms with Gasteiger partial charge in [-0.2, -0.15) is 0 Å². The van der Waals surface area contributed by atoms with E-state index in [0.717, 1.165) is 48.7 Å². The molecule has 0 spiro atoms. The Bertz CT molecular complexity index is 1360. The molecule has 2 aliphatic heterocycles. The first kappa shape index (κ1) is 20.5. The van der Waals surface area contributed by atoms with Crippen molar-refractivity contribution in [2.75, 3.05) is 22.9 Å². The van der Waals surface area contributed by atoms with Crippen molar-refractivity contribution in [1.29, 1.82) is 0 Å². The zero-order valence-corrected chi connectivity index (χ0v) is 18.9. The molecule has 0 radical (unpaired) electrons. The maximum absolute atomic E-state index is 14.0. The van der Waals surface area contributed by atoms with E-state index in [1.807, 2.05) is 36.5 Å². The number of nitrogens with zero attached hydrogens (tertiary/aromatic N) is 3. The van der Waals surface area contributed by atoms with Crippen LogP contribution in [0.2, 0.25) is 0 Å². The molecule has 3 heterocycles. The van der Waals surface area contributed by atoms with Crippen LogP contribution >= 0.6 is 0 Å². The molecule has 1 fully saturated rings. The molecule has 3 aliphatic rings. The van der Waals surface area contributed by atoms with Gasteiger partial charge in [-0.15, -0.1) is 0 Å². The Balaban J connectivity index is 1.65. The molecule has 0 atom stereocenters. The van der Waals surface area contributed by atoms with Crippen molar-refractivity contribution in [3.05, 3.63) is 95.3 Å². The predicted molar refractivity (Wildman–Crippen MR) is 134 cm³/mol. The van der Waals surface area contributed by atoms with Crippen molar-refractivity contribution >= 4 is 34.6 Å². The molecule has 1 aromatic heterocycles. The van der Waals surface area contributed by atoms with E-state index in [1.54, 1.807) is 23.1 Å². The summed E-state index contributed by atoms with van der Waals surface area (Å²) in [6.07, 6.45) is 7.96. The summed E-state index contributed by atoms with van der Waals surface area (Å²) >= 11 is 0. The molecule has 170 valence electrons. The predicted octanol–water partition coefficient (Wildman–Crippen LogP) is 4.41. The normalized spacial score (nSPS) is 17.2. The third kappa shape index (κ3) is 3.17. The third-order valence-electron chi connectivity index (χ3n) is 6.95. The summed E-state index contributed by atoms with van der Waals surface area (Å²) in [5, 5.41) is 0. The average Bonchev–Trinajstić information content (AvgIpc) is 3.50. The quantitative estimate of drug-likeness (QED) is 0.640. The van der Waals surface area contributed by atoms with E-state index in [0.29, 0.717) is 16.8 Å². The number of primary amides is 1. The Labute approximate surface area is 198 Å². The fourth-order valence-electron chi connectivity index (χ4n) is 5.36. The number of nitrogens with two attached hydrogens (primary N) is 1. The number of rotatable bonds is 4. The SMILES string of the molecule is NC(=O)c1ccccc1N1C=C(c2ccccc2)n2c(N3CCCC3)cc3c2C(=CCC3)C1=O. The van der Waals surface area contributed by atoms with Crippen molar-refractivity contribution < 1.29 is 9.59 Å². The largest absolute Gasteiger partial charge is 0.366 e. The number of para-hydroxylation sites is 1. The van der Waals surface area contributed by atoms with Crippen molar-refractivity contribution in [3.8, 4) is 0 Å². The van der Waals surface area contributed by atoms with E-state index >= 15 is 0 Å². The summed E-state index contributed by atoms with van der Waals surface area (Å²) < 4.78 is 2.26. The van der Waals surface area contributed by atoms with E-state index < -0.39 is 5.91 Å². The van der Waals surface area contributed by atoms with Gasteiger partial charge in [-0.05, 0) is 49.4 Å². The van der Waals surface area contributed by atoms with Gasteiger partial charge in [0.15, 0.2) is 0 Å². The first-order valence-electron chi connectivity index (χ1n) is 11.8. The van der Waals surface area contributed by atoms with Gasteiger partial charge in [0.05, 0.1) is 28.2 Å². The van der Waals surface area contributed by atoms with E-state index in [9.17, 15) is 9.59 Å². The Kier molecular flexibility index (Phi) is 4.87. The van der Waals surface area contributed by atoms with Gasteiger partial charge in [-0.1, -0.05) is 48.5 Å². The van der Waals surface area contributed by atoms with Crippen LogP contribution in [0, 0.1) is 0 Å². The lowest BCUT2D eigenvalue weighted by molar-refractivity contribution is -0.112. The van der Waals surface area contributed by atoms with E-state index in [1.165, 1.54) is 18.4 Å². The minimum absolute atomic E-state index is 0.145. The summed E-state index contributed by atoms with van der Waals surface area (Å²) in [4.78, 5) is 30.3. The molecule has 6 heteroatoms. The minimum Gasteiger partial charge on any atom is -0.366 e. The molecule has 6 nitrogen and oxygen atoms in total. The molecular formula is C28H26N4O2. The fraction of sp³-hybridized carbons (Fsp3) is 0.214. The second-order valence-electron chi connectivity index (χ2n) is 9.00. The summed E-state index contributed by atoms with van der Waals surface area (Å²) in [7, 11) is 0. The fourth-order valence-corrected chi connectivity index (χ4v) is 5.36. The van der Waals surface area contributed by atoms with Gasteiger partial charge < -0.3 is 10.6 Å². The number of carbonyl (C=O) groups excluding carboxylic acids is 2. The van der Waals surface area contributed by atoms with Crippen LogP contribution in [0.25, 0.3) is 11.3 Å². The topological polar surface area (TPSA) is 71.6 Å². The number of amides is 2. The van der Waals surface area contributed by atoms with Crippen LogP contribution in [-0.2, 0) is 11.2 Å². The highest BCUT2D eigenvalue weighted by Crippen LogP contribution is 2.42. The van der Waals surface area contributed by atoms with Crippen molar-refractivity contribution in [2.45, 2.75) is 25.7 Å². The maximum atomic E-state index is 14.0. The average molecular weight is 451 g/mol. The van der Waals surface area contributed by atoms with Crippen LogP contribution in [-0.4, -0.2) is 29.5 Å². The van der Waals surface area contributed by atoms with E-state index in [4.69, 9.17) is 5.73 Å². The highest BCUT2D eigenvalue weighted by atomic mass is 16.2. The van der Waals surface area contributed by atoms with Gasteiger partial charge in [-0.25, -0.2) is 0 Å². The van der Waals surface area contributed by atoms with Gasteiger partial charge in [0.1, 0.15) is 5.82 Å². The number of hydrogen-bond acceptors (Lipinski definition) is 3. The zero-order chi connectivity index (χ0) is 23.2. The lowest BCUT2D eigenvalue weighted by atomic mass is 9.96. The van der Waals surface area contributed by atoms with Gasteiger partial charge in [0, 0.05) is 24.9 Å². The van der Waals surface area contributed by atoms with Gasteiger partial charge in [-0.3, -0.25) is 19.1 Å². The number of anilines is 2. The molecular weight excluding hydrogens is 424 g/mol. The van der Waals surface area contributed by atoms with Crippen LogP contribution < -0.4 is 15.5 Å². The van der Waals surface area contributed by atoms with Gasteiger partial charge in [0.25, 0.3) is 11.8 Å². The van der Waals surface area contributed by atoms with Crippen LogP contribution in [0.4, 0.5) is 11.5 Å². The Morgan fingerprint density at radius 1 is 0.941 bits per heavy atom. The number of aromatic nitrogens is 1. The highest BCUT2D eigenvalue weighted by Gasteiger charge is 2.35. The summed E-state index contributed by atoms with van der Waals surface area (Å²) in [5.74, 6) is 0.425. The van der Waals surface area contributed by atoms with Crippen molar-refractivity contribution in [2.24, 2.45) is 5.73 Å². The zero-order valence-electron chi connectivity index (χ0n) is 18.9. The summed E-state index contributed by atoms with van der Waals surface area (Å²) in [5.41, 5.74) is 11.3. The first-order chi connectivity index (χ1) is 16.6. The van der Waals surface area contributed by atoms with Gasteiger partial charge >= 0.3 is 0 Å². The first-order valence-corrected chi connectivity index (χ1v) is 11.8. The Morgan fingerprint density at radius 3 is 2.44 bits per heavy atom. The number of aryl methyl sites for hydroxylation is 1. The van der Waals surface area contributed by atoms with Crippen LogP contribution in [0.1, 0.15) is 46.4 Å². The third-order valence-corrected chi connectivity index (χ3v) is 6.95. The molecule has 0 bridgehead atoms. The maximum Gasteiger partial charge on any atom is 0.264 e. The standard InChI is InChI=1S/C28H26N4O2/c29-27(33)21-12-4-5-14-23(21)31-18-24(19-9-2-1-3-10-19)32-25(30-15-6-7-16-30)17-20-11-8-13-22(26(20)32)28(31)34/h1-5,9-10,12-14,17-18H,6-8,11,15-16H2,(H2,29,33). The lowest BCUT2D eigenvalue weighted by Crippen LogP contribution is -2.29. The molecule has 34 heavy (non-hydrogen) atoms. The van der Waals surface area contributed by atoms with Crippen LogP contribution in [0.3, 0.4) is 0 Å². The second-order valence-corrected chi connectivity index (χ2v) is 9.00. The van der Waals surface area contributed by atoms with E-state index in [2.05, 4.69) is 27.7 Å². The van der Waals surface area contributed by atoms with E-state index in [-0.39, 0.29) is 5.91 Å². The van der Waals surface area contributed by atoms with Crippen LogP contribution in [0.15, 0.2) is 72.9 Å². The summed E-state index contributed by atoms with van der Waals surface area (Å²) in [6, 6.07) is 19.4. The monoisotopic (exact) mass is 450 g/mol. The van der Waals surface area contributed by atoms with Crippen molar-refractivity contribution in [1.82, 2.24) is 4.57 Å². The lowest BCUT2D eigenvalue weighted by Gasteiger charge is -2.23. The highest BCUT2D eigenvalue weighted by molar-refractivity contribution is 6.29. The molecule has 1 saturated heterocycles. The molecule has 0 unspecified atom stereocenters. The number of benzene rings is 2. The number of carbonyl (C=O) groups is 2. The number of hydrogen-bond donors (Lipinski definition) is 1. The van der Waals surface area contributed by atoms with Crippen molar-refractivity contribution in [3.63, 3.8) is 0 Å². The smallest absolute Gasteiger partial charge is 0.264 e. The molecule has 2 aromatic carbocycles.